The summed E-state index contributed by atoms with van der Waals surface area (Å²) in [5.41, 5.74) is 4.68. The summed E-state index contributed by atoms with van der Waals surface area (Å²) in [7, 11) is 0. The summed E-state index contributed by atoms with van der Waals surface area (Å²) < 4.78 is 19.1. The molecule has 1 atom stereocenters. The molecule has 2 amide bonds. The van der Waals surface area contributed by atoms with E-state index in [1.807, 2.05) is 31.2 Å². The summed E-state index contributed by atoms with van der Waals surface area (Å²) in [6.45, 7) is 3.93. The number of carbonyl (C=O) groups is 1. The van der Waals surface area contributed by atoms with E-state index in [1.165, 1.54) is 17.7 Å². The van der Waals surface area contributed by atoms with Crippen LogP contribution in [-0.4, -0.2) is 16.2 Å². The number of halogens is 2. The summed E-state index contributed by atoms with van der Waals surface area (Å²) in [5, 5.41) is 7.78. The molecule has 0 saturated carbocycles. The van der Waals surface area contributed by atoms with Crippen LogP contribution in [0.1, 0.15) is 36.9 Å². The Morgan fingerprint density at radius 2 is 1.71 bits per heavy atom. The number of urea groups is 1. The first kappa shape index (κ1) is 22.8. The van der Waals surface area contributed by atoms with Crippen LogP contribution in [0.2, 0.25) is 5.02 Å². The predicted molar refractivity (Wildman–Crippen MR) is 133 cm³/mol. The molecule has 0 spiro atoms. The van der Waals surface area contributed by atoms with Crippen molar-refractivity contribution < 1.29 is 13.7 Å². The molecule has 1 aromatic heterocycles. The minimum absolute atomic E-state index is 0.269. The summed E-state index contributed by atoms with van der Waals surface area (Å²) in [4.78, 5) is 19.4. The van der Waals surface area contributed by atoms with Crippen LogP contribution in [0.15, 0.2) is 83.0 Å². The molecule has 1 unspecified atom stereocenters. The fraction of sp³-hybridized carbons (Fsp3) is 0.148. The van der Waals surface area contributed by atoms with Crippen molar-refractivity contribution in [1.29, 1.82) is 0 Å². The maximum Gasteiger partial charge on any atom is 0.326 e. The maximum absolute atomic E-state index is 13.4. The molecule has 6 nitrogen and oxygen atoms in total. The first-order valence-electron chi connectivity index (χ1n) is 11.2. The van der Waals surface area contributed by atoms with Gasteiger partial charge in [0.2, 0.25) is 5.82 Å². The lowest BCUT2D eigenvalue weighted by molar-refractivity contribution is 0.244. The Labute approximate surface area is 207 Å². The van der Waals surface area contributed by atoms with E-state index in [-0.39, 0.29) is 17.7 Å². The standard InChI is InChI=1S/C27H22ClFN4O2/c1-3-17-4-6-18(7-5-17)24-23(26-31-25(32-35-26)19-8-12-21(29)13-9-19)16(2)33(27(34)30-24)22-14-10-20(28)11-15-22/h4-15,24H,3H2,1-2H3,(H,30,34). The molecule has 176 valence electrons. The summed E-state index contributed by atoms with van der Waals surface area (Å²) in [5.74, 6) is 0.251. The van der Waals surface area contributed by atoms with E-state index in [4.69, 9.17) is 16.1 Å². The SMILES string of the molecule is CCc1ccc(C2NC(=O)N(c3ccc(Cl)cc3)C(C)=C2c2nc(-c3ccc(F)cc3)no2)cc1. The molecule has 0 aliphatic carbocycles. The summed E-state index contributed by atoms with van der Waals surface area (Å²) in [6, 6.07) is 20.2. The molecule has 1 N–H and O–H groups in total. The number of nitrogens with zero attached hydrogens (tertiary/aromatic N) is 3. The number of hydrogen-bond donors (Lipinski definition) is 1. The topological polar surface area (TPSA) is 71.3 Å². The predicted octanol–water partition coefficient (Wildman–Crippen LogP) is 6.79. The lowest BCUT2D eigenvalue weighted by Crippen LogP contribution is -2.46. The number of benzene rings is 3. The zero-order valence-electron chi connectivity index (χ0n) is 19.1. The normalized spacial score (nSPS) is 15.9. The number of nitrogens with one attached hydrogen (secondary N) is 1. The Balaban J connectivity index is 1.63. The van der Waals surface area contributed by atoms with Crippen LogP contribution < -0.4 is 10.2 Å². The second-order valence-electron chi connectivity index (χ2n) is 8.22. The van der Waals surface area contributed by atoms with E-state index in [9.17, 15) is 9.18 Å². The molecule has 4 aromatic rings. The highest BCUT2D eigenvalue weighted by Gasteiger charge is 2.36. The third-order valence-electron chi connectivity index (χ3n) is 6.05. The van der Waals surface area contributed by atoms with E-state index in [0.717, 1.165) is 12.0 Å². The third-order valence-corrected chi connectivity index (χ3v) is 6.30. The third kappa shape index (κ3) is 4.42. The quantitative estimate of drug-likeness (QED) is 0.335. The highest BCUT2D eigenvalue weighted by molar-refractivity contribution is 6.30. The average molecular weight is 489 g/mol. The number of allylic oxidation sites excluding steroid dienone is 1. The van der Waals surface area contributed by atoms with Crippen molar-refractivity contribution in [3.63, 3.8) is 0 Å². The molecule has 35 heavy (non-hydrogen) atoms. The number of aryl methyl sites for hydroxylation is 1. The van der Waals surface area contributed by atoms with Crippen LogP contribution >= 0.6 is 11.6 Å². The van der Waals surface area contributed by atoms with Crippen molar-refractivity contribution in [2.75, 3.05) is 4.90 Å². The van der Waals surface area contributed by atoms with E-state index >= 15 is 0 Å². The minimum Gasteiger partial charge on any atom is -0.334 e. The molecule has 8 heteroatoms. The zero-order chi connectivity index (χ0) is 24.5. The second-order valence-corrected chi connectivity index (χ2v) is 8.66. The van der Waals surface area contributed by atoms with Gasteiger partial charge >= 0.3 is 6.03 Å². The van der Waals surface area contributed by atoms with Crippen molar-refractivity contribution in [1.82, 2.24) is 15.5 Å². The molecular formula is C27H22ClFN4O2. The van der Waals surface area contributed by atoms with Crippen molar-refractivity contribution >= 4 is 28.9 Å². The second kappa shape index (κ2) is 9.35. The molecule has 0 bridgehead atoms. The van der Waals surface area contributed by atoms with Gasteiger partial charge in [-0.2, -0.15) is 4.98 Å². The minimum atomic E-state index is -0.501. The van der Waals surface area contributed by atoms with Gasteiger partial charge in [-0.1, -0.05) is 47.9 Å². The fourth-order valence-corrected chi connectivity index (χ4v) is 4.29. The van der Waals surface area contributed by atoms with Crippen LogP contribution in [0.5, 0.6) is 0 Å². The monoisotopic (exact) mass is 488 g/mol. The number of hydrogen-bond acceptors (Lipinski definition) is 4. The number of carbonyl (C=O) groups excluding carboxylic acids is 1. The van der Waals surface area contributed by atoms with Crippen molar-refractivity contribution in [2.24, 2.45) is 0 Å². The van der Waals surface area contributed by atoms with Gasteiger partial charge in [0.15, 0.2) is 0 Å². The van der Waals surface area contributed by atoms with Crippen molar-refractivity contribution in [2.45, 2.75) is 26.3 Å². The average Bonchev–Trinajstić information content (AvgIpc) is 3.35. The number of amides is 2. The van der Waals surface area contributed by atoms with Crippen molar-refractivity contribution in [3.05, 3.63) is 106 Å². The van der Waals surface area contributed by atoms with Gasteiger partial charge in [0.25, 0.3) is 5.89 Å². The molecule has 0 saturated heterocycles. The van der Waals surface area contributed by atoms with E-state index in [1.54, 1.807) is 41.3 Å². The van der Waals surface area contributed by atoms with E-state index < -0.39 is 6.04 Å². The fourth-order valence-electron chi connectivity index (χ4n) is 4.17. The Morgan fingerprint density at radius 1 is 1.03 bits per heavy atom. The molecule has 2 heterocycles. The van der Waals surface area contributed by atoms with E-state index in [2.05, 4.69) is 22.4 Å². The van der Waals surface area contributed by atoms with Gasteiger partial charge in [0, 0.05) is 16.3 Å². The lowest BCUT2D eigenvalue weighted by Gasteiger charge is -2.35. The van der Waals surface area contributed by atoms with Gasteiger partial charge in [0.05, 0.1) is 17.3 Å². The van der Waals surface area contributed by atoms with Crippen LogP contribution in [0, 0.1) is 5.82 Å². The first-order chi connectivity index (χ1) is 16.9. The van der Waals surface area contributed by atoms with Gasteiger partial charge < -0.3 is 9.84 Å². The van der Waals surface area contributed by atoms with Crippen molar-refractivity contribution in [3.8, 4) is 11.4 Å². The Kier molecular flexibility index (Phi) is 6.09. The first-order valence-corrected chi connectivity index (χ1v) is 11.6. The summed E-state index contributed by atoms with van der Waals surface area (Å²) >= 11 is 6.06. The molecule has 0 fully saturated rings. The molecule has 0 radical (unpaired) electrons. The van der Waals surface area contributed by atoms with Crippen LogP contribution in [0.25, 0.3) is 17.0 Å². The van der Waals surface area contributed by atoms with Crippen LogP contribution in [0.4, 0.5) is 14.9 Å². The number of rotatable bonds is 5. The summed E-state index contributed by atoms with van der Waals surface area (Å²) in [6.07, 6.45) is 0.911. The van der Waals surface area contributed by atoms with Gasteiger partial charge in [-0.3, -0.25) is 4.90 Å². The van der Waals surface area contributed by atoms with Gasteiger partial charge in [-0.15, -0.1) is 0 Å². The molecule has 1 aliphatic heterocycles. The van der Waals surface area contributed by atoms with Gasteiger partial charge in [-0.05, 0) is 73.0 Å². The van der Waals surface area contributed by atoms with Crippen LogP contribution in [-0.2, 0) is 6.42 Å². The van der Waals surface area contributed by atoms with E-state index in [0.29, 0.717) is 33.4 Å². The van der Waals surface area contributed by atoms with Gasteiger partial charge in [-0.25, -0.2) is 9.18 Å². The molecule has 5 rings (SSSR count). The molecule has 3 aromatic carbocycles. The Morgan fingerprint density at radius 3 is 2.37 bits per heavy atom. The Hall–Kier alpha value is -3.97. The smallest absolute Gasteiger partial charge is 0.326 e. The number of anilines is 1. The highest BCUT2D eigenvalue weighted by atomic mass is 35.5. The highest BCUT2D eigenvalue weighted by Crippen LogP contribution is 2.39. The molecule has 1 aliphatic rings. The zero-order valence-corrected chi connectivity index (χ0v) is 19.9. The maximum atomic E-state index is 13.4. The molecular weight excluding hydrogens is 467 g/mol. The largest absolute Gasteiger partial charge is 0.334 e. The van der Waals surface area contributed by atoms with Gasteiger partial charge in [0.1, 0.15) is 5.82 Å². The lowest BCUT2D eigenvalue weighted by atomic mass is 9.93. The number of aromatic nitrogens is 2. The Bertz CT molecular complexity index is 1400. The van der Waals surface area contributed by atoms with Crippen LogP contribution in [0.3, 0.4) is 0 Å².